The molecule has 0 unspecified atom stereocenters. The largest absolute Gasteiger partial charge is 0.313 e. The Bertz CT molecular complexity index is 124. The molecule has 0 aromatic heterocycles. The summed E-state index contributed by atoms with van der Waals surface area (Å²) in [4.78, 5) is 0. The molecule has 72 valence electrons. The Hall–Kier alpha value is -0.120. The average Bonchev–Trinajstić information content (AvgIpc) is 1.82. The Balaban J connectivity index is 2.31. The summed E-state index contributed by atoms with van der Waals surface area (Å²) in [6, 6.07) is 0.468. The minimum absolute atomic E-state index is 0.167. The first-order chi connectivity index (χ1) is 5.61. The van der Waals surface area contributed by atoms with Gasteiger partial charge in [0, 0.05) is 6.04 Å². The van der Waals surface area contributed by atoms with Gasteiger partial charge in [0.15, 0.2) is 6.79 Å². The summed E-state index contributed by atoms with van der Waals surface area (Å²) in [7, 11) is 0. The van der Waals surface area contributed by atoms with Crippen molar-refractivity contribution in [2.24, 2.45) is 11.8 Å². The van der Waals surface area contributed by atoms with E-state index >= 15 is 0 Å². The molecule has 1 saturated heterocycles. The molecule has 0 bridgehead atoms. The number of ether oxygens (including phenoxy) is 2. The van der Waals surface area contributed by atoms with Gasteiger partial charge in [0.05, 0.1) is 0 Å². The first-order valence-corrected chi connectivity index (χ1v) is 4.60. The lowest BCUT2D eigenvalue weighted by atomic mass is 9.93. The predicted molar refractivity (Wildman–Crippen MR) is 47.4 cm³/mol. The number of hydrogen-bond acceptors (Lipinski definition) is 3. The van der Waals surface area contributed by atoms with Crippen molar-refractivity contribution in [2.75, 3.05) is 6.79 Å². The third kappa shape index (κ3) is 2.44. The van der Waals surface area contributed by atoms with Gasteiger partial charge in [0.2, 0.25) is 6.41 Å². The molecular formula is C9H19NO2. The zero-order chi connectivity index (χ0) is 9.14. The predicted octanol–water partition coefficient (Wildman–Crippen LogP) is 1.54. The van der Waals surface area contributed by atoms with Gasteiger partial charge in [0.25, 0.3) is 0 Å². The first kappa shape index (κ1) is 9.96. The second-order valence-corrected chi connectivity index (χ2v) is 3.96. The molecule has 0 atom stereocenters. The van der Waals surface area contributed by atoms with Crippen LogP contribution in [0.4, 0.5) is 0 Å². The molecule has 0 aromatic carbocycles. The maximum absolute atomic E-state index is 5.13. The molecule has 0 saturated carbocycles. The highest BCUT2D eigenvalue weighted by Gasteiger charge is 2.25. The van der Waals surface area contributed by atoms with E-state index in [1.165, 1.54) is 0 Å². The molecule has 1 fully saturated rings. The Morgan fingerprint density at radius 2 is 1.58 bits per heavy atom. The van der Waals surface area contributed by atoms with E-state index in [1.54, 1.807) is 0 Å². The second-order valence-electron chi connectivity index (χ2n) is 3.96. The minimum atomic E-state index is -0.167. The maximum Gasteiger partial charge on any atom is 0.220 e. The van der Waals surface area contributed by atoms with Crippen LogP contribution >= 0.6 is 0 Å². The van der Waals surface area contributed by atoms with Crippen molar-refractivity contribution < 1.29 is 9.47 Å². The molecular weight excluding hydrogens is 154 g/mol. The quantitative estimate of drug-likeness (QED) is 0.699. The molecule has 0 radical (unpaired) electrons. The lowest BCUT2D eigenvalue weighted by molar-refractivity contribution is -0.337. The molecule has 3 heteroatoms. The smallest absolute Gasteiger partial charge is 0.220 e. The van der Waals surface area contributed by atoms with E-state index in [-0.39, 0.29) is 6.41 Å². The van der Waals surface area contributed by atoms with Gasteiger partial charge in [-0.3, -0.25) is 5.32 Å². The van der Waals surface area contributed by atoms with Crippen molar-refractivity contribution in [3.05, 3.63) is 0 Å². The van der Waals surface area contributed by atoms with Gasteiger partial charge in [0.1, 0.15) is 0 Å². The highest BCUT2D eigenvalue weighted by molar-refractivity contribution is 4.74. The Morgan fingerprint density at radius 3 is 1.83 bits per heavy atom. The Labute approximate surface area is 74.4 Å². The van der Waals surface area contributed by atoms with Crippen molar-refractivity contribution in [1.82, 2.24) is 5.32 Å². The summed E-state index contributed by atoms with van der Waals surface area (Å²) < 4.78 is 10.3. The van der Waals surface area contributed by atoms with Crippen molar-refractivity contribution in [2.45, 2.75) is 40.2 Å². The molecule has 0 spiro atoms. The molecule has 1 heterocycles. The molecule has 12 heavy (non-hydrogen) atoms. The highest BCUT2D eigenvalue weighted by Crippen LogP contribution is 2.15. The van der Waals surface area contributed by atoms with Crippen LogP contribution in [0.3, 0.4) is 0 Å². The van der Waals surface area contributed by atoms with Crippen LogP contribution in [-0.4, -0.2) is 19.2 Å². The average molecular weight is 173 g/mol. The third-order valence-corrected chi connectivity index (χ3v) is 2.20. The van der Waals surface area contributed by atoms with Gasteiger partial charge in [-0.25, -0.2) is 0 Å². The van der Waals surface area contributed by atoms with Crippen LogP contribution in [0, 0.1) is 11.8 Å². The fourth-order valence-electron chi connectivity index (χ4n) is 1.54. The zero-order valence-corrected chi connectivity index (χ0v) is 8.33. The van der Waals surface area contributed by atoms with Crippen LogP contribution in [0.5, 0.6) is 0 Å². The van der Waals surface area contributed by atoms with E-state index in [1.807, 2.05) is 0 Å². The lowest BCUT2D eigenvalue weighted by Gasteiger charge is -2.35. The van der Waals surface area contributed by atoms with E-state index < -0.39 is 0 Å². The SMILES string of the molecule is CC(C)C(NC1OCO1)C(C)C. The van der Waals surface area contributed by atoms with E-state index in [0.717, 1.165) is 0 Å². The minimum Gasteiger partial charge on any atom is -0.313 e. The van der Waals surface area contributed by atoms with Crippen molar-refractivity contribution in [3.8, 4) is 0 Å². The van der Waals surface area contributed by atoms with E-state index in [4.69, 9.17) is 9.47 Å². The van der Waals surface area contributed by atoms with Gasteiger partial charge in [-0.1, -0.05) is 27.7 Å². The van der Waals surface area contributed by atoms with Crippen LogP contribution in [0.2, 0.25) is 0 Å². The molecule has 0 aromatic rings. The normalized spacial score (nSPS) is 19.2. The zero-order valence-electron chi connectivity index (χ0n) is 8.33. The fourth-order valence-corrected chi connectivity index (χ4v) is 1.54. The van der Waals surface area contributed by atoms with Crippen molar-refractivity contribution >= 4 is 0 Å². The van der Waals surface area contributed by atoms with Gasteiger partial charge in [-0.15, -0.1) is 0 Å². The second kappa shape index (κ2) is 4.21. The van der Waals surface area contributed by atoms with Crippen LogP contribution < -0.4 is 5.32 Å². The monoisotopic (exact) mass is 173 g/mol. The third-order valence-electron chi connectivity index (χ3n) is 2.20. The molecule has 0 aliphatic carbocycles. The molecule has 1 rings (SSSR count). The molecule has 0 amide bonds. The maximum atomic E-state index is 5.13. The van der Waals surface area contributed by atoms with Crippen LogP contribution in [0.15, 0.2) is 0 Å². The summed E-state index contributed by atoms with van der Waals surface area (Å²) >= 11 is 0. The van der Waals surface area contributed by atoms with E-state index in [9.17, 15) is 0 Å². The summed E-state index contributed by atoms with van der Waals surface area (Å²) in [5.74, 6) is 1.22. The molecule has 3 nitrogen and oxygen atoms in total. The van der Waals surface area contributed by atoms with Gasteiger partial charge in [-0.2, -0.15) is 0 Å². The van der Waals surface area contributed by atoms with Crippen molar-refractivity contribution in [1.29, 1.82) is 0 Å². The molecule has 1 N–H and O–H groups in total. The molecule has 1 aliphatic rings. The van der Waals surface area contributed by atoms with Gasteiger partial charge < -0.3 is 9.47 Å². The van der Waals surface area contributed by atoms with Crippen LogP contribution in [0.25, 0.3) is 0 Å². The summed E-state index contributed by atoms with van der Waals surface area (Å²) in [5.41, 5.74) is 0. The standard InChI is InChI=1S/C9H19NO2/c1-6(2)8(7(3)4)10-9-11-5-12-9/h6-10H,5H2,1-4H3. The van der Waals surface area contributed by atoms with Crippen molar-refractivity contribution in [3.63, 3.8) is 0 Å². The number of nitrogens with one attached hydrogen (secondary N) is 1. The summed E-state index contributed by atoms with van der Waals surface area (Å²) in [5, 5.41) is 3.31. The molecule has 1 aliphatic heterocycles. The highest BCUT2D eigenvalue weighted by atomic mass is 16.9. The lowest BCUT2D eigenvalue weighted by Crippen LogP contribution is -2.51. The number of rotatable bonds is 4. The fraction of sp³-hybridized carbons (Fsp3) is 1.00. The first-order valence-electron chi connectivity index (χ1n) is 4.60. The summed E-state index contributed by atoms with van der Waals surface area (Å²) in [6.45, 7) is 9.25. The van der Waals surface area contributed by atoms with Gasteiger partial charge >= 0.3 is 0 Å². The van der Waals surface area contributed by atoms with Gasteiger partial charge in [-0.05, 0) is 11.8 Å². The van der Waals surface area contributed by atoms with Crippen LogP contribution in [0.1, 0.15) is 27.7 Å². The van der Waals surface area contributed by atoms with Crippen LogP contribution in [-0.2, 0) is 9.47 Å². The Morgan fingerprint density at radius 1 is 1.08 bits per heavy atom. The Kier molecular flexibility index (Phi) is 3.50. The van der Waals surface area contributed by atoms with E-state index in [0.29, 0.717) is 24.7 Å². The topological polar surface area (TPSA) is 30.5 Å². The number of hydrogen-bond donors (Lipinski definition) is 1. The van der Waals surface area contributed by atoms with E-state index in [2.05, 4.69) is 33.0 Å². The summed E-state index contributed by atoms with van der Waals surface area (Å²) in [6.07, 6.45) is -0.167.